The molecule has 0 rings (SSSR count). The van der Waals surface area contributed by atoms with E-state index in [-0.39, 0.29) is 11.9 Å². The third kappa shape index (κ3) is 47.1. The highest BCUT2D eigenvalue weighted by molar-refractivity contribution is 5.69. The Kier molecular flexibility index (Phi) is 47.1. The minimum atomic E-state index is 0.0165. The van der Waals surface area contributed by atoms with Gasteiger partial charge in [-0.2, -0.15) is 0 Å². The van der Waals surface area contributed by atoms with E-state index in [1.54, 1.807) is 0 Å². The SMILES string of the molecule is CCCCCCCCCCCCCCCC(=O)OCCCCCCCCCCCCCCCCCCOC(=O)CCCCCCCCCCCCCCC. The van der Waals surface area contributed by atoms with Crippen molar-refractivity contribution in [1.82, 2.24) is 0 Å². The molecule has 0 bridgehead atoms. The van der Waals surface area contributed by atoms with E-state index in [0.29, 0.717) is 26.1 Å². The van der Waals surface area contributed by atoms with E-state index in [1.165, 1.54) is 244 Å². The minimum absolute atomic E-state index is 0.0165. The molecule has 4 nitrogen and oxygen atoms in total. The molecule has 322 valence electrons. The van der Waals surface area contributed by atoms with Crippen molar-refractivity contribution >= 4 is 11.9 Å². The maximum atomic E-state index is 12.0. The molecule has 4 heteroatoms. The highest BCUT2D eigenvalue weighted by Crippen LogP contribution is 2.16. The second-order valence-electron chi connectivity index (χ2n) is 17.1. The van der Waals surface area contributed by atoms with Gasteiger partial charge in [-0.3, -0.25) is 9.59 Å². The third-order valence-electron chi connectivity index (χ3n) is 11.5. The van der Waals surface area contributed by atoms with E-state index in [1.807, 2.05) is 0 Å². The fraction of sp³-hybridized carbons (Fsp3) is 0.960. The molecule has 0 heterocycles. The summed E-state index contributed by atoms with van der Waals surface area (Å²) in [7, 11) is 0. The molecule has 0 fully saturated rings. The van der Waals surface area contributed by atoms with Crippen LogP contribution in [0.5, 0.6) is 0 Å². The molecule has 0 aromatic rings. The predicted octanol–water partition coefficient (Wildman–Crippen LogP) is 17.3. The van der Waals surface area contributed by atoms with Gasteiger partial charge in [-0.15, -0.1) is 0 Å². The zero-order valence-electron chi connectivity index (χ0n) is 37.2. The van der Waals surface area contributed by atoms with Crippen LogP contribution in [0.3, 0.4) is 0 Å². The van der Waals surface area contributed by atoms with Crippen LogP contribution < -0.4 is 0 Å². The minimum Gasteiger partial charge on any atom is -0.466 e. The van der Waals surface area contributed by atoms with Crippen LogP contribution in [0.25, 0.3) is 0 Å². The van der Waals surface area contributed by atoms with Crippen molar-refractivity contribution in [2.45, 2.75) is 296 Å². The maximum Gasteiger partial charge on any atom is 0.305 e. The van der Waals surface area contributed by atoms with E-state index in [9.17, 15) is 9.59 Å². The summed E-state index contributed by atoms with van der Waals surface area (Å²) in [5.74, 6) is 0.0330. The molecule has 0 aliphatic carbocycles. The molecule has 0 aromatic heterocycles. The highest BCUT2D eigenvalue weighted by Gasteiger charge is 2.04. The lowest BCUT2D eigenvalue weighted by Gasteiger charge is -2.06. The molecule has 0 saturated heterocycles. The fourth-order valence-corrected chi connectivity index (χ4v) is 7.77. The third-order valence-corrected chi connectivity index (χ3v) is 11.5. The molecule has 0 N–H and O–H groups in total. The maximum absolute atomic E-state index is 12.0. The van der Waals surface area contributed by atoms with Crippen molar-refractivity contribution in [2.24, 2.45) is 0 Å². The van der Waals surface area contributed by atoms with Gasteiger partial charge in [0.25, 0.3) is 0 Å². The average Bonchev–Trinajstić information content (AvgIpc) is 3.17. The van der Waals surface area contributed by atoms with Gasteiger partial charge in [-0.25, -0.2) is 0 Å². The largest absolute Gasteiger partial charge is 0.466 e. The summed E-state index contributed by atoms with van der Waals surface area (Å²) in [5, 5.41) is 0. The number of hydrogen-bond donors (Lipinski definition) is 0. The molecule has 0 aliphatic rings. The number of carbonyl (C=O) groups is 2. The quantitative estimate of drug-likeness (QED) is 0.0458. The molecule has 0 saturated carbocycles. The molecule has 0 spiro atoms. The van der Waals surface area contributed by atoms with Gasteiger partial charge in [0.2, 0.25) is 0 Å². The van der Waals surface area contributed by atoms with E-state index in [0.717, 1.165) is 25.7 Å². The standard InChI is InChI=1S/C50H98O4/c1-3-5-7-9-11-13-15-21-25-29-33-37-41-45-49(51)53-47-43-39-35-31-27-23-19-17-18-20-24-28-32-36-40-44-48-54-50(52)46-42-38-34-30-26-22-16-14-12-10-8-6-4-2/h3-48H2,1-2H3. The lowest BCUT2D eigenvalue weighted by atomic mass is 10.0. The Bertz CT molecular complexity index is 661. The van der Waals surface area contributed by atoms with Crippen LogP contribution >= 0.6 is 0 Å². The fourth-order valence-electron chi connectivity index (χ4n) is 7.77. The smallest absolute Gasteiger partial charge is 0.305 e. The van der Waals surface area contributed by atoms with Crippen molar-refractivity contribution in [2.75, 3.05) is 13.2 Å². The van der Waals surface area contributed by atoms with Gasteiger partial charge >= 0.3 is 11.9 Å². The zero-order chi connectivity index (χ0) is 39.1. The van der Waals surface area contributed by atoms with Crippen molar-refractivity contribution < 1.29 is 19.1 Å². The van der Waals surface area contributed by atoms with Gasteiger partial charge < -0.3 is 9.47 Å². The van der Waals surface area contributed by atoms with E-state index in [4.69, 9.17) is 9.47 Å². The highest BCUT2D eigenvalue weighted by atomic mass is 16.5. The van der Waals surface area contributed by atoms with Gasteiger partial charge in [0.05, 0.1) is 13.2 Å². The van der Waals surface area contributed by atoms with Gasteiger partial charge in [-0.1, -0.05) is 258 Å². The number of unbranched alkanes of at least 4 members (excludes halogenated alkanes) is 39. The Balaban J connectivity index is 3.19. The first-order valence-electron chi connectivity index (χ1n) is 25.0. The molecule has 0 radical (unpaired) electrons. The van der Waals surface area contributed by atoms with Crippen molar-refractivity contribution in [1.29, 1.82) is 0 Å². The normalized spacial score (nSPS) is 11.4. The van der Waals surface area contributed by atoms with Crippen molar-refractivity contribution in [3.05, 3.63) is 0 Å². The van der Waals surface area contributed by atoms with Crippen LogP contribution in [0.4, 0.5) is 0 Å². The molecular formula is C50H98O4. The Hall–Kier alpha value is -1.06. The molecule has 0 aromatic carbocycles. The molecule has 0 unspecified atom stereocenters. The molecule has 0 atom stereocenters. The lowest BCUT2D eigenvalue weighted by Crippen LogP contribution is -2.05. The zero-order valence-corrected chi connectivity index (χ0v) is 37.2. The molecule has 0 amide bonds. The van der Waals surface area contributed by atoms with Gasteiger partial charge in [0.15, 0.2) is 0 Å². The number of carbonyl (C=O) groups excluding carboxylic acids is 2. The second kappa shape index (κ2) is 48.1. The Morgan fingerprint density at radius 3 is 0.611 bits per heavy atom. The number of ether oxygens (including phenoxy) is 2. The summed E-state index contributed by atoms with van der Waals surface area (Å²) < 4.78 is 10.9. The van der Waals surface area contributed by atoms with E-state index in [2.05, 4.69) is 13.8 Å². The summed E-state index contributed by atoms with van der Waals surface area (Å²) in [4.78, 5) is 24.0. The Morgan fingerprint density at radius 2 is 0.407 bits per heavy atom. The average molecular weight is 763 g/mol. The van der Waals surface area contributed by atoms with Crippen LogP contribution in [0, 0.1) is 0 Å². The van der Waals surface area contributed by atoms with Crippen LogP contribution in [0.1, 0.15) is 296 Å². The Labute approximate surface area is 339 Å². The number of esters is 2. The topological polar surface area (TPSA) is 52.6 Å². The van der Waals surface area contributed by atoms with Crippen LogP contribution in [0.2, 0.25) is 0 Å². The van der Waals surface area contributed by atoms with Gasteiger partial charge in [0.1, 0.15) is 0 Å². The molecule has 54 heavy (non-hydrogen) atoms. The molecular weight excluding hydrogens is 665 g/mol. The van der Waals surface area contributed by atoms with Crippen LogP contribution in [-0.2, 0) is 19.1 Å². The van der Waals surface area contributed by atoms with Gasteiger partial charge in [-0.05, 0) is 25.7 Å². The second-order valence-corrected chi connectivity index (χ2v) is 17.1. The lowest BCUT2D eigenvalue weighted by molar-refractivity contribution is -0.144. The first-order chi connectivity index (χ1) is 26.7. The summed E-state index contributed by atoms with van der Waals surface area (Å²) in [5.41, 5.74) is 0. The van der Waals surface area contributed by atoms with Crippen LogP contribution in [-0.4, -0.2) is 25.2 Å². The van der Waals surface area contributed by atoms with Crippen LogP contribution in [0.15, 0.2) is 0 Å². The first kappa shape index (κ1) is 52.9. The van der Waals surface area contributed by atoms with Crippen molar-refractivity contribution in [3.63, 3.8) is 0 Å². The summed E-state index contributed by atoms with van der Waals surface area (Å²) in [6.07, 6.45) is 56.6. The van der Waals surface area contributed by atoms with Crippen molar-refractivity contribution in [3.8, 4) is 0 Å². The summed E-state index contributed by atoms with van der Waals surface area (Å²) in [6, 6.07) is 0. The monoisotopic (exact) mass is 763 g/mol. The Morgan fingerprint density at radius 1 is 0.241 bits per heavy atom. The van der Waals surface area contributed by atoms with E-state index >= 15 is 0 Å². The van der Waals surface area contributed by atoms with E-state index < -0.39 is 0 Å². The van der Waals surface area contributed by atoms with Gasteiger partial charge in [0, 0.05) is 12.8 Å². The first-order valence-corrected chi connectivity index (χ1v) is 25.0. The molecule has 0 aliphatic heterocycles. The number of rotatable bonds is 47. The predicted molar refractivity (Wildman–Crippen MR) is 236 cm³/mol. The summed E-state index contributed by atoms with van der Waals surface area (Å²) >= 11 is 0. The summed E-state index contributed by atoms with van der Waals surface area (Å²) in [6.45, 7) is 5.80. The number of hydrogen-bond acceptors (Lipinski definition) is 4.